The van der Waals surface area contributed by atoms with Crippen molar-refractivity contribution in [2.24, 2.45) is 0 Å². The molecule has 10 heteroatoms. The minimum atomic E-state index is -2.25. The molecular weight excluding hydrogens is 395 g/mol. The third-order valence-corrected chi connectivity index (χ3v) is 4.81. The second-order valence-corrected chi connectivity index (χ2v) is 6.57. The molecule has 0 saturated carbocycles. The Bertz CT molecular complexity index is 857. The molecule has 2 aromatic rings. The first-order chi connectivity index (χ1) is 12.6. The number of aliphatic carboxylic acids is 2. The van der Waals surface area contributed by atoms with Gasteiger partial charge in [-0.1, -0.05) is 24.3 Å². The topological polar surface area (TPSA) is 74.6 Å². The molecule has 0 aliphatic rings. The number of hydrogen-bond acceptors (Lipinski definition) is 3. The molecule has 0 fully saturated rings. The van der Waals surface area contributed by atoms with Gasteiger partial charge in [-0.2, -0.15) is 0 Å². The molecule has 1 unspecified atom stereocenters. The molecule has 0 spiro atoms. The number of benzene rings is 2. The zero-order chi connectivity index (χ0) is 20.3. The van der Waals surface area contributed by atoms with E-state index in [-0.39, 0.29) is 11.3 Å². The van der Waals surface area contributed by atoms with E-state index in [1.165, 1.54) is 12.1 Å². The van der Waals surface area contributed by atoms with E-state index in [0.717, 1.165) is 23.9 Å². The first-order valence-corrected chi connectivity index (χ1v) is 8.35. The van der Waals surface area contributed by atoms with Gasteiger partial charge in [-0.05, 0) is 11.1 Å². The van der Waals surface area contributed by atoms with Gasteiger partial charge in [-0.15, -0.1) is 11.8 Å². The van der Waals surface area contributed by atoms with Crippen molar-refractivity contribution in [1.29, 1.82) is 0 Å². The molecule has 0 saturated heterocycles. The van der Waals surface area contributed by atoms with Gasteiger partial charge in [0.05, 0.1) is 12.0 Å². The van der Waals surface area contributed by atoms with Crippen LogP contribution in [0, 0.1) is 29.1 Å². The van der Waals surface area contributed by atoms with Crippen molar-refractivity contribution in [1.82, 2.24) is 0 Å². The number of hydrogen-bond donors (Lipinski definition) is 2. The van der Waals surface area contributed by atoms with Crippen LogP contribution in [0.4, 0.5) is 22.0 Å². The Morgan fingerprint density at radius 3 is 1.78 bits per heavy atom. The van der Waals surface area contributed by atoms with Gasteiger partial charge in [-0.25, -0.2) is 22.0 Å². The molecular formula is C17H11F5O4S. The van der Waals surface area contributed by atoms with Crippen LogP contribution in [-0.2, 0) is 15.3 Å². The molecule has 2 aromatic carbocycles. The Kier molecular flexibility index (Phi) is 6.42. The second-order valence-electron chi connectivity index (χ2n) is 5.38. The molecule has 0 amide bonds. The van der Waals surface area contributed by atoms with Crippen molar-refractivity contribution < 1.29 is 41.8 Å². The average molecular weight is 406 g/mol. The minimum absolute atomic E-state index is 0.0711. The summed E-state index contributed by atoms with van der Waals surface area (Å²) in [6, 6.07) is 4.89. The average Bonchev–Trinajstić information content (AvgIpc) is 2.62. The molecule has 0 aliphatic carbocycles. The zero-order valence-electron chi connectivity index (χ0n) is 13.3. The first kappa shape index (κ1) is 20.7. The summed E-state index contributed by atoms with van der Waals surface area (Å²) >= 11 is 0.828. The lowest BCUT2D eigenvalue weighted by atomic mass is 10.0. The zero-order valence-corrected chi connectivity index (χ0v) is 14.1. The molecule has 0 aliphatic heterocycles. The van der Waals surface area contributed by atoms with Crippen LogP contribution in [0.3, 0.4) is 0 Å². The summed E-state index contributed by atoms with van der Waals surface area (Å²) in [5.41, 5.74) is -0.846. The van der Waals surface area contributed by atoms with Gasteiger partial charge in [0.15, 0.2) is 23.3 Å². The van der Waals surface area contributed by atoms with Crippen LogP contribution in [0.25, 0.3) is 11.1 Å². The smallest absolute Gasteiger partial charge is 0.317 e. The van der Waals surface area contributed by atoms with Crippen molar-refractivity contribution in [3.63, 3.8) is 0 Å². The van der Waals surface area contributed by atoms with Crippen LogP contribution in [0.1, 0.15) is 12.0 Å². The van der Waals surface area contributed by atoms with Gasteiger partial charge >= 0.3 is 11.9 Å². The number of carboxylic acids is 2. The van der Waals surface area contributed by atoms with Crippen LogP contribution in [-0.4, -0.2) is 27.4 Å². The Labute approximate surface area is 153 Å². The summed E-state index contributed by atoms with van der Waals surface area (Å²) in [6.07, 6.45) is -0.595. The van der Waals surface area contributed by atoms with Gasteiger partial charge in [0.2, 0.25) is 5.82 Å². The van der Waals surface area contributed by atoms with Crippen molar-refractivity contribution >= 4 is 23.7 Å². The molecule has 1 atom stereocenters. The van der Waals surface area contributed by atoms with E-state index in [0.29, 0.717) is 5.56 Å². The number of carboxylic acid groups (broad SMARTS) is 2. The van der Waals surface area contributed by atoms with Crippen molar-refractivity contribution in [2.45, 2.75) is 17.4 Å². The van der Waals surface area contributed by atoms with E-state index in [2.05, 4.69) is 0 Å². The molecule has 2 rings (SSSR count). The molecule has 0 heterocycles. The highest BCUT2D eigenvalue weighted by molar-refractivity contribution is 7.99. The van der Waals surface area contributed by atoms with E-state index in [9.17, 15) is 31.5 Å². The predicted molar refractivity (Wildman–Crippen MR) is 86.6 cm³/mol. The highest BCUT2D eigenvalue weighted by Crippen LogP contribution is 2.32. The second kappa shape index (κ2) is 8.38. The Morgan fingerprint density at radius 1 is 0.852 bits per heavy atom. The maximum Gasteiger partial charge on any atom is 0.317 e. The molecule has 0 aromatic heterocycles. The number of carbonyl (C=O) groups is 2. The molecule has 27 heavy (non-hydrogen) atoms. The normalized spacial score (nSPS) is 12.0. The van der Waals surface area contributed by atoms with Gasteiger partial charge in [0.1, 0.15) is 5.25 Å². The third kappa shape index (κ3) is 4.57. The SMILES string of the molecule is O=C(O)CC(SCc1ccc(-c2c(F)c(F)c(F)c(F)c2F)cc1)C(=O)O. The number of thioether (sulfide) groups is 1. The fourth-order valence-corrected chi connectivity index (χ4v) is 3.19. The van der Waals surface area contributed by atoms with Crippen LogP contribution in [0.2, 0.25) is 0 Å². The van der Waals surface area contributed by atoms with Gasteiger partial charge in [0, 0.05) is 5.75 Å². The summed E-state index contributed by atoms with van der Waals surface area (Å²) in [4.78, 5) is 21.6. The Balaban J connectivity index is 2.24. The Hall–Kier alpha value is -2.62. The highest BCUT2D eigenvalue weighted by atomic mass is 32.2. The fourth-order valence-electron chi connectivity index (χ4n) is 2.20. The van der Waals surface area contributed by atoms with Crippen LogP contribution < -0.4 is 0 Å². The lowest BCUT2D eigenvalue weighted by molar-refractivity contribution is -0.142. The standard InChI is InChI=1S/C17H11F5O4S/c18-12-11(13(19)15(21)16(22)14(12)20)8-3-1-7(2-4-8)6-27-9(17(25)26)5-10(23)24/h1-4,9H,5-6H2,(H,23,24)(H,25,26). The van der Waals surface area contributed by atoms with E-state index >= 15 is 0 Å². The first-order valence-electron chi connectivity index (χ1n) is 7.30. The van der Waals surface area contributed by atoms with Crippen molar-refractivity contribution in [3.05, 3.63) is 58.9 Å². The molecule has 144 valence electrons. The molecule has 0 radical (unpaired) electrons. The van der Waals surface area contributed by atoms with Gasteiger partial charge in [-0.3, -0.25) is 9.59 Å². The quantitative estimate of drug-likeness (QED) is 0.409. The van der Waals surface area contributed by atoms with E-state index in [1.807, 2.05) is 0 Å². The summed E-state index contributed by atoms with van der Waals surface area (Å²) in [7, 11) is 0. The minimum Gasteiger partial charge on any atom is -0.481 e. The van der Waals surface area contributed by atoms with Gasteiger partial charge in [0.25, 0.3) is 0 Å². The summed E-state index contributed by atoms with van der Waals surface area (Å²) in [5.74, 6) is -12.8. The molecule has 0 bridgehead atoms. The fraction of sp³-hybridized carbons (Fsp3) is 0.176. The third-order valence-electron chi connectivity index (χ3n) is 3.54. The lowest BCUT2D eigenvalue weighted by Gasteiger charge is -2.11. The Morgan fingerprint density at radius 2 is 1.33 bits per heavy atom. The monoisotopic (exact) mass is 406 g/mol. The van der Waals surface area contributed by atoms with Crippen molar-refractivity contribution in [2.75, 3.05) is 0 Å². The van der Waals surface area contributed by atoms with E-state index < -0.39 is 58.3 Å². The van der Waals surface area contributed by atoms with Crippen LogP contribution >= 0.6 is 11.8 Å². The maximum absolute atomic E-state index is 13.8. The van der Waals surface area contributed by atoms with Crippen molar-refractivity contribution in [3.8, 4) is 11.1 Å². The van der Waals surface area contributed by atoms with E-state index in [1.54, 1.807) is 0 Å². The number of rotatable bonds is 7. The van der Waals surface area contributed by atoms with Crippen LogP contribution in [0.5, 0.6) is 0 Å². The summed E-state index contributed by atoms with van der Waals surface area (Å²) < 4.78 is 67.3. The van der Waals surface area contributed by atoms with Gasteiger partial charge < -0.3 is 10.2 Å². The number of halogens is 5. The lowest BCUT2D eigenvalue weighted by Crippen LogP contribution is -2.20. The molecule has 4 nitrogen and oxygen atoms in total. The van der Waals surface area contributed by atoms with Crippen LogP contribution in [0.15, 0.2) is 24.3 Å². The largest absolute Gasteiger partial charge is 0.481 e. The molecule has 2 N–H and O–H groups in total. The summed E-state index contributed by atoms with van der Waals surface area (Å²) in [5, 5.41) is 16.4. The van der Waals surface area contributed by atoms with E-state index in [4.69, 9.17) is 10.2 Å². The maximum atomic E-state index is 13.8. The highest BCUT2D eigenvalue weighted by Gasteiger charge is 2.26. The predicted octanol–water partition coefficient (Wildman–Crippen LogP) is 4.21. The summed E-state index contributed by atoms with van der Waals surface area (Å²) in [6.45, 7) is 0.